The van der Waals surface area contributed by atoms with Gasteiger partial charge in [-0.3, -0.25) is 0 Å². The van der Waals surface area contributed by atoms with Crippen LogP contribution in [0.15, 0.2) is 47.0 Å². The lowest BCUT2D eigenvalue weighted by atomic mass is 10.0. The van der Waals surface area contributed by atoms with Gasteiger partial charge in [0.1, 0.15) is 0 Å². The van der Waals surface area contributed by atoms with Crippen LogP contribution in [0.2, 0.25) is 0 Å². The van der Waals surface area contributed by atoms with Crippen LogP contribution in [0.3, 0.4) is 0 Å². The van der Waals surface area contributed by atoms with Crippen molar-refractivity contribution in [2.75, 3.05) is 0 Å². The van der Waals surface area contributed by atoms with E-state index in [0.717, 1.165) is 36.1 Å². The highest BCUT2D eigenvalue weighted by Gasteiger charge is 2.28. The van der Waals surface area contributed by atoms with Gasteiger partial charge in [-0.25, -0.2) is 0 Å². The minimum atomic E-state index is 0.267. The van der Waals surface area contributed by atoms with E-state index in [2.05, 4.69) is 28.3 Å². The third kappa shape index (κ3) is 2.21. The maximum absolute atomic E-state index is 5.96. The van der Waals surface area contributed by atoms with Gasteiger partial charge in [-0.15, -0.1) is 0 Å². The monoisotopic (exact) mass is 279 g/mol. The number of hydrogen-bond acceptors (Lipinski definition) is 4. The Balaban J connectivity index is 1.74. The lowest BCUT2D eigenvalue weighted by Gasteiger charge is -2.02. The fraction of sp³-hybridized carbons (Fsp3) is 0.294. The van der Waals surface area contributed by atoms with Gasteiger partial charge in [-0.2, -0.15) is 4.98 Å². The molecule has 1 heterocycles. The fourth-order valence-electron chi connectivity index (χ4n) is 3.17. The molecular weight excluding hydrogens is 262 g/mol. The summed E-state index contributed by atoms with van der Waals surface area (Å²) in [6.45, 7) is 0. The highest BCUT2D eigenvalue weighted by Crippen LogP contribution is 2.34. The van der Waals surface area contributed by atoms with Crippen LogP contribution in [0, 0.1) is 0 Å². The number of hydrogen-bond donors (Lipinski definition) is 1. The third-order valence-corrected chi connectivity index (χ3v) is 4.29. The maximum Gasteiger partial charge on any atom is 0.230 e. The second-order valence-corrected chi connectivity index (χ2v) is 5.75. The average molecular weight is 279 g/mol. The topological polar surface area (TPSA) is 64.9 Å². The van der Waals surface area contributed by atoms with Gasteiger partial charge >= 0.3 is 0 Å². The predicted molar refractivity (Wildman–Crippen MR) is 81.8 cm³/mol. The SMILES string of the molecule is N[C@H]1CC[C@@H](c2nc(-c3cccc4ccccc34)no2)C1. The Kier molecular flexibility index (Phi) is 2.97. The first kappa shape index (κ1) is 12.5. The minimum absolute atomic E-state index is 0.267. The minimum Gasteiger partial charge on any atom is -0.339 e. The average Bonchev–Trinajstić information content (AvgIpc) is 3.15. The number of rotatable bonds is 2. The molecule has 2 aromatic carbocycles. The zero-order valence-corrected chi connectivity index (χ0v) is 11.7. The Morgan fingerprint density at radius 2 is 1.90 bits per heavy atom. The van der Waals surface area contributed by atoms with Crippen molar-refractivity contribution >= 4 is 10.8 Å². The molecule has 1 aliphatic rings. The molecule has 0 aliphatic heterocycles. The molecule has 0 spiro atoms. The zero-order valence-electron chi connectivity index (χ0n) is 11.7. The van der Waals surface area contributed by atoms with Crippen LogP contribution >= 0.6 is 0 Å². The van der Waals surface area contributed by atoms with Crippen molar-refractivity contribution in [1.82, 2.24) is 10.1 Å². The Bertz CT molecular complexity index is 775. The molecule has 0 unspecified atom stereocenters. The van der Waals surface area contributed by atoms with Crippen LogP contribution < -0.4 is 5.73 Å². The molecule has 21 heavy (non-hydrogen) atoms. The Labute approximate surface area is 123 Å². The van der Waals surface area contributed by atoms with E-state index in [1.54, 1.807) is 0 Å². The molecule has 0 saturated heterocycles. The summed E-state index contributed by atoms with van der Waals surface area (Å²) in [7, 11) is 0. The van der Waals surface area contributed by atoms with Gasteiger partial charge in [0, 0.05) is 17.5 Å². The van der Waals surface area contributed by atoms with E-state index >= 15 is 0 Å². The summed E-state index contributed by atoms with van der Waals surface area (Å²) in [6.07, 6.45) is 3.02. The summed E-state index contributed by atoms with van der Waals surface area (Å²) < 4.78 is 5.48. The second-order valence-electron chi connectivity index (χ2n) is 5.75. The van der Waals surface area contributed by atoms with Crippen molar-refractivity contribution in [1.29, 1.82) is 0 Å². The molecule has 1 saturated carbocycles. The van der Waals surface area contributed by atoms with Crippen LogP contribution in [0.1, 0.15) is 31.1 Å². The molecule has 4 nitrogen and oxygen atoms in total. The number of nitrogens with zero attached hydrogens (tertiary/aromatic N) is 2. The molecule has 1 aromatic heterocycles. The number of aromatic nitrogens is 2. The number of benzene rings is 2. The fourth-order valence-corrected chi connectivity index (χ4v) is 3.17. The van der Waals surface area contributed by atoms with Gasteiger partial charge in [0.25, 0.3) is 0 Å². The summed E-state index contributed by atoms with van der Waals surface area (Å²) in [4.78, 5) is 4.61. The Hall–Kier alpha value is -2.20. The first-order valence-corrected chi connectivity index (χ1v) is 7.38. The van der Waals surface area contributed by atoms with E-state index in [0.29, 0.717) is 11.7 Å². The summed E-state index contributed by atoms with van der Waals surface area (Å²) in [5.74, 6) is 1.71. The predicted octanol–water partition coefficient (Wildman–Crippen LogP) is 3.48. The molecule has 2 atom stereocenters. The Morgan fingerprint density at radius 3 is 2.76 bits per heavy atom. The third-order valence-electron chi connectivity index (χ3n) is 4.29. The first-order chi connectivity index (χ1) is 10.3. The van der Waals surface area contributed by atoms with Crippen LogP contribution in [0.4, 0.5) is 0 Å². The van der Waals surface area contributed by atoms with Crippen molar-refractivity contribution < 1.29 is 4.52 Å². The highest BCUT2D eigenvalue weighted by molar-refractivity contribution is 5.94. The molecule has 4 heteroatoms. The van der Waals surface area contributed by atoms with Crippen LogP contribution in [-0.2, 0) is 0 Å². The molecule has 4 rings (SSSR count). The normalized spacial score (nSPS) is 22.0. The van der Waals surface area contributed by atoms with Crippen molar-refractivity contribution in [2.45, 2.75) is 31.2 Å². The first-order valence-electron chi connectivity index (χ1n) is 7.38. The summed E-state index contributed by atoms with van der Waals surface area (Å²) >= 11 is 0. The molecule has 2 N–H and O–H groups in total. The molecule has 0 amide bonds. The smallest absolute Gasteiger partial charge is 0.230 e. The van der Waals surface area contributed by atoms with E-state index < -0.39 is 0 Å². The van der Waals surface area contributed by atoms with E-state index in [9.17, 15) is 0 Å². The highest BCUT2D eigenvalue weighted by atomic mass is 16.5. The maximum atomic E-state index is 5.96. The number of nitrogens with two attached hydrogens (primary N) is 1. The lowest BCUT2D eigenvalue weighted by Crippen LogP contribution is -2.14. The summed E-state index contributed by atoms with van der Waals surface area (Å²) in [5.41, 5.74) is 6.98. The van der Waals surface area contributed by atoms with Gasteiger partial charge < -0.3 is 10.3 Å². The van der Waals surface area contributed by atoms with Crippen LogP contribution in [0.5, 0.6) is 0 Å². The van der Waals surface area contributed by atoms with Crippen molar-refractivity contribution in [3.05, 3.63) is 48.4 Å². The quantitative estimate of drug-likeness (QED) is 0.780. The molecule has 3 aromatic rings. The standard InChI is InChI=1S/C17H17N3O/c18-13-9-8-12(10-13)17-19-16(20-21-17)15-7-3-5-11-4-1-2-6-14(11)15/h1-7,12-13H,8-10,18H2/t12-,13+/m1/s1. The van der Waals surface area contributed by atoms with Gasteiger partial charge in [-0.05, 0) is 30.0 Å². The second kappa shape index (κ2) is 4.97. The lowest BCUT2D eigenvalue weighted by molar-refractivity contribution is 0.353. The summed E-state index contributed by atoms with van der Waals surface area (Å²) in [6, 6.07) is 14.7. The van der Waals surface area contributed by atoms with Crippen molar-refractivity contribution in [3.63, 3.8) is 0 Å². The van der Waals surface area contributed by atoms with Crippen LogP contribution in [0.25, 0.3) is 22.2 Å². The molecular formula is C17H17N3O. The van der Waals surface area contributed by atoms with E-state index in [4.69, 9.17) is 10.3 Å². The van der Waals surface area contributed by atoms with E-state index in [1.165, 1.54) is 5.39 Å². The van der Waals surface area contributed by atoms with Crippen molar-refractivity contribution in [3.8, 4) is 11.4 Å². The zero-order chi connectivity index (χ0) is 14.2. The molecule has 0 radical (unpaired) electrons. The van der Waals surface area contributed by atoms with Gasteiger partial charge in [0.2, 0.25) is 11.7 Å². The van der Waals surface area contributed by atoms with Gasteiger partial charge in [0.15, 0.2) is 0 Å². The van der Waals surface area contributed by atoms with Crippen molar-refractivity contribution in [2.24, 2.45) is 5.73 Å². The van der Waals surface area contributed by atoms with E-state index in [1.807, 2.05) is 24.3 Å². The van der Waals surface area contributed by atoms with Crippen LogP contribution in [-0.4, -0.2) is 16.2 Å². The molecule has 0 bridgehead atoms. The molecule has 1 fully saturated rings. The van der Waals surface area contributed by atoms with Gasteiger partial charge in [0.05, 0.1) is 0 Å². The van der Waals surface area contributed by atoms with E-state index in [-0.39, 0.29) is 6.04 Å². The number of fused-ring (bicyclic) bond motifs is 1. The molecule has 106 valence electrons. The Morgan fingerprint density at radius 1 is 1.05 bits per heavy atom. The molecule has 1 aliphatic carbocycles. The van der Waals surface area contributed by atoms with Gasteiger partial charge in [-0.1, -0.05) is 47.6 Å². The largest absolute Gasteiger partial charge is 0.339 e. The summed E-state index contributed by atoms with van der Waals surface area (Å²) in [5, 5.41) is 6.51.